The van der Waals surface area contributed by atoms with Crippen molar-refractivity contribution in [1.29, 1.82) is 0 Å². The molecule has 0 aromatic carbocycles. The van der Waals surface area contributed by atoms with E-state index in [1.54, 1.807) is 24.4 Å². The Morgan fingerprint density at radius 3 is 2.72 bits per heavy atom. The Labute approximate surface area is 110 Å². The first-order valence-corrected chi connectivity index (χ1v) is 6.71. The Bertz CT molecular complexity index is 392. The molecular weight excluding hydrogens is 252 g/mol. The molecule has 0 aliphatic carbocycles. The average Bonchev–Trinajstić information content (AvgIpc) is 2.85. The number of nitrogens with one attached hydrogen (secondary N) is 2. The van der Waals surface area contributed by atoms with E-state index >= 15 is 0 Å². The van der Waals surface area contributed by atoms with E-state index in [2.05, 4.69) is 10.6 Å². The summed E-state index contributed by atoms with van der Waals surface area (Å²) in [7, 11) is 0. The second-order valence-electron chi connectivity index (χ2n) is 4.00. The number of carbonyl (C=O) groups is 2. The maximum Gasteiger partial charge on any atom is 0.331 e. The zero-order valence-electron chi connectivity index (χ0n) is 10.5. The molecule has 6 heteroatoms. The van der Waals surface area contributed by atoms with Crippen molar-refractivity contribution in [2.45, 2.75) is 19.9 Å². The molecule has 0 radical (unpaired) electrons. The maximum absolute atomic E-state index is 11.8. The van der Waals surface area contributed by atoms with Crippen molar-refractivity contribution >= 4 is 23.2 Å². The number of hydrogen-bond donors (Lipinski definition) is 3. The highest BCUT2D eigenvalue weighted by Gasteiger charge is 2.25. The molecule has 18 heavy (non-hydrogen) atoms. The molecule has 0 bridgehead atoms. The molecule has 1 aromatic heterocycles. The predicted molar refractivity (Wildman–Crippen MR) is 70.5 cm³/mol. The molecule has 2 unspecified atom stereocenters. The van der Waals surface area contributed by atoms with E-state index in [1.165, 1.54) is 11.3 Å². The van der Waals surface area contributed by atoms with Crippen LogP contribution in [0.2, 0.25) is 0 Å². The van der Waals surface area contributed by atoms with E-state index in [4.69, 9.17) is 5.11 Å². The van der Waals surface area contributed by atoms with Crippen LogP contribution in [0.3, 0.4) is 0 Å². The van der Waals surface area contributed by atoms with Crippen LogP contribution in [0, 0.1) is 5.92 Å². The van der Waals surface area contributed by atoms with Crippen LogP contribution in [0.15, 0.2) is 17.5 Å². The van der Waals surface area contributed by atoms with E-state index in [9.17, 15) is 9.59 Å². The summed E-state index contributed by atoms with van der Waals surface area (Å²) >= 11 is 1.32. The lowest BCUT2D eigenvalue weighted by Gasteiger charge is -2.17. The molecule has 1 aromatic rings. The second kappa shape index (κ2) is 7.13. The van der Waals surface area contributed by atoms with Gasteiger partial charge in [-0.05, 0) is 18.0 Å². The van der Waals surface area contributed by atoms with Gasteiger partial charge in [0.2, 0.25) is 5.91 Å². The van der Waals surface area contributed by atoms with Crippen molar-refractivity contribution in [2.24, 2.45) is 5.92 Å². The maximum atomic E-state index is 11.8. The quantitative estimate of drug-likeness (QED) is 0.696. The molecule has 1 heterocycles. The highest BCUT2D eigenvalue weighted by Crippen LogP contribution is 2.19. The topological polar surface area (TPSA) is 78.4 Å². The number of aliphatic carboxylic acids is 1. The van der Waals surface area contributed by atoms with Crippen LogP contribution < -0.4 is 10.6 Å². The first kappa shape index (κ1) is 14.7. The zero-order valence-corrected chi connectivity index (χ0v) is 11.3. The molecule has 0 fully saturated rings. The van der Waals surface area contributed by atoms with Gasteiger partial charge in [-0.15, -0.1) is 11.3 Å². The van der Waals surface area contributed by atoms with Crippen LogP contribution in [0.4, 0.5) is 0 Å². The van der Waals surface area contributed by atoms with Gasteiger partial charge in [0.05, 0.1) is 0 Å². The lowest BCUT2D eigenvalue weighted by molar-refractivity contribution is -0.142. The molecule has 0 saturated carbocycles. The second-order valence-corrected chi connectivity index (χ2v) is 4.98. The number of carboxylic acid groups (broad SMARTS) is 1. The van der Waals surface area contributed by atoms with Crippen LogP contribution in [0.25, 0.3) is 0 Å². The summed E-state index contributed by atoms with van der Waals surface area (Å²) in [6, 6.07) is 2.52. The monoisotopic (exact) mass is 270 g/mol. The van der Waals surface area contributed by atoms with E-state index in [0.717, 1.165) is 6.54 Å². The van der Waals surface area contributed by atoms with Gasteiger partial charge in [0.1, 0.15) is 0 Å². The number of thiophene rings is 1. The number of amides is 1. The molecule has 2 atom stereocenters. The molecule has 0 spiro atoms. The van der Waals surface area contributed by atoms with Crippen LogP contribution in [-0.2, 0) is 9.59 Å². The van der Waals surface area contributed by atoms with Gasteiger partial charge >= 0.3 is 5.97 Å². The van der Waals surface area contributed by atoms with Crippen molar-refractivity contribution in [1.82, 2.24) is 10.6 Å². The minimum atomic E-state index is -1.04. The minimum absolute atomic E-state index is 0.253. The van der Waals surface area contributed by atoms with E-state index in [-0.39, 0.29) is 11.8 Å². The Balaban J connectivity index is 2.62. The molecule has 3 N–H and O–H groups in total. The highest BCUT2D eigenvalue weighted by molar-refractivity contribution is 7.10. The molecule has 1 rings (SSSR count). The van der Waals surface area contributed by atoms with Crippen LogP contribution in [0.5, 0.6) is 0 Å². The Morgan fingerprint density at radius 2 is 2.22 bits per heavy atom. The smallest absolute Gasteiger partial charge is 0.331 e. The Kier molecular flexibility index (Phi) is 5.80. The first-order valence-electron chi connectivity index (χ1n) is 5.83. The van der Waals surface area contributed by atoms with Gasteiger partial charge in [0.15, 0.2) is 6.04 Å². The van der Waals surface area contributed by atoms with Gasteiger partial charge < -0.3 is 15.7 Å². The molecular formula is C12H18N2O3S. The van der Waals surface area contributed by atoms with E-state index < -0.39 is 12.0 Å². The fourth-order valence-corrected chi connectivity index (χ4v) is 2.22. The summed E-state index contributed by atoms with van der Waals surface area (Å²) in [5.41, 5.74) is 0. The summed E-state index contributed by atoms with van der Waals surface area (Å²) in [6.07, 6.45) is 0. The zero-order chi connectivity index (χ0) is 13.5. The molecule has 5 nitrogen and oxygen atoms in total. The van der Waals surface area contributed by atoms with Gasteiger partial charge in [-0.2, -0.15) is 0 Å². The van der Waals surface area contributed by atoms with Crippen molar-refractivity contribution in [3.05, 3.63) is 22.4 Å². The average molecular weight is 270 g/mol. The summed E-state index contributed by atoms with van der Waals surface area (Å²) in [5, 5.41) is 16.5. The molecule has 1 amide bonds. The lowest BCUT2D eigenvalue weighted by atomic mass is 10.1. The number of rotatable bonds is 7. The Hall–Kier alpha value is -1.40. The SMILES string of the molecule is CCNCC(C)C(=O)NC(C(=O)O)c1cccs1. The Morgan fingerprint density at radius 1 is 1.50 bits per heavy atom. The third-order valence-corrected chi connectivity index (χ3v) is 3.45. The van der Waals surface area contributed by atoms with Crippen LogP contribution >= 0.6 is 11.3 Å². The van der Waals surface area contributed by atoms with Gasteiger partial charge in [0.25, 0.3) is 0 Å². The molecule has 0 aliphatic heterocycles. The summed E-state index contributed by atoms with van der Waals surface area (Å²) in [4.78, 5) is 23.6. The van der Waals surface area contributed by atoms with Crippen LogP contribution in [0.1, 0.15) is 24.8 Å². The van der Waals surface area contributed by atoms with E-state index in [0.29, 0.717) is 11.4 Å². The third-order valence-electron chi connectivity index (χ3n) is 2.51. The number of carbonyl (C=O) groups excluding carboxylic acids is 1. The highest BCUT2D eigenvalue weighted by atomic mass is 32.1. The fraction of sp³-hybridized carbons (Fsp3) is 0.500. The normalized spacial score (nSPS) is 13.9. The van der Waals surface area contributed by atoms with Gasteiger partial charge in [-0.1, -0.05) is 19.9 Å². The van der Waals surface area contributed by atoms with Crippen molar-refractivity contribution in [2.75, 3.05) is 13.1 Å². The van der Waals surface area contributed by atoms with Gasteiger partial charge in [-0.25, -0.2) is 4.79 Å². The van der Waals surface area contributed by atoms with Crippen molar-refractivity contribution in [3.63, 3.8) is 0 Å². The lowest BCUT2D eigenvalue weighted by Crippen LogP contribution is -2.39. The third kappa shape index (κ3) is 4.12. The predicted octanol–water partition coefficient (Wildman–Crippen LogP) is 1.24. The molecule has 0 saturated heterocycles. The first-order chi connectivity index (χ1) is 8.56. The number of carboxylic acids is 1. The van der Waals surface area contributed by atoms with Gasteiger partial charge in [0, 0.05) is 17.3 Å². The summed E-state index contributed by atoms with van der Waals surface area (Å²) in [5.74, 6) is -1.55. The van der Waals surface area contributed by atoms with Crippen molar-refractivity contribution in [3.8, 4) is 0 Å². The standard InChI is InChI=1S/C12H18N2O3S/c1-3-13-7-8(2)11(15)14-10(12(16)17)9-5-4-6-18-9/h4-6,8,10,13H,3,7H2,1-2H3,(H,14,15)(H,16,17). The van der Waals surface area contributed by atoms with Crippen LogP contribution in [-0.4, -0.2) is 30.1 Å². The van der Waals surface area contributed by atoms with E-state index in [1.807, 2.05) is 6.92 Å². The van der Waals surface area contributed by atoms with Gasteiger partial charge in [-0.3, -0.25) is 4.79 Å². The summed E-state index contributed by atoms with van der Waals surface area (Å²) in [6.45, 7) is 5.05. The molecule has 100 valence electrons. The largest absolute Gasteiger partial charge is 0.479 e. The number of hydrogen-bond acceptors (Lipinski definition) is 4. The minimum Gasteiger partial charge on any atom is -0.479 e. The van der Waals surface area contributed by atoms with Crippen molar-refractivity contribution < 1.29 is 14.7 Å². The molecule has 0 aliphatic rings. The summed E-state index contributed by atoms with van der Waals surface area (Å²) < 4.78 is 0. The fourth-order valence-electron chi connectivity index (χ4n) is 1.45.